The van der Waals surface area contributed by atoms with Crippen molar-refractivity contribution in [2.24, 2.45) is 0 Å². The summed E-state index contributed by atoms with van der Waals surface area (Å²) in [6.45, 7) is 5.84. The summed E-state index contributed by atoms with van der Waals surface area (Å²) in [6, 6.07) is 6.96. The van der Waals surface area contributed by atoms with Gasteiger partial charge in [-0.1, -0.05) is 0 Å². The van der Waals surface area contributed by atoms with Crippen LogP contribution in [0.25, 0.3) is 0 Å². The van der Waals surface area contributed by atoms with Crippen molar-refractivity contribution < 1.29 is 0 Å². The van der Waals surface area contributed by atoms with Crippen LogP contribution in [0.1, 0.15) is 5.56 Å². The van der Waals surface area contributed by atoms with Crippen LogP contribution < -0.4 is 9.80 Å². The molecule has 2 heterocycles. The number of anilines is 2. The van der Waals surface area contributed by atoms with Gasteiger partial charge in [0.1, 0.15) is 0 Å². The van der Waals surface area contributed by atoms with E-state index in [1.807, 2.05) is 0 Å². The fraction of sp³-hybridized carbons (Fsp3) is 0.571. The Hall–Kier alpha value is -1.22. The van der Waals surface area contributed by atoms with Gasteiger partial charge < -0.3 is 14.7 Å². The van der Waals surface area contributed by atoms with Crippen LogP contribution in [0.4, 0.5) is 11.4 Å². The SMILES string of the molecule is CN1CCN(c2ccc3c(c2)CCN3C)CC1. The average molecular weight is 231 g/mol. The molecule has 2 aliphatic heterocycles. The number of nitrogens with zero attached hydrogens (tertiary/aromatic N) is 3. The summed E-state index contributed by atoms with van der Waals surface area (Å²) >= 11 is 0. The Bertz CT molecular complexity index is 408. The number of piperazine rings is 1. The molecule has 0 amide bonds. The first-order valence-electron chi connectivity index (χ1n) is 6.51. The molecule has 17 heavy (non-hydrogen) atoms. The van der Waals surface area contributed by atoms with E-state index in [9.17, 15) is 0 Å². The Labute approximate surface area is 104 Å². The van der Waals surface area contributed by atoms with Crippen LogP contribution in [0.3, 0.4) is 0 Å². The normalized spacial score (nSPS) is 20.8. The number of likely N-dealkylation sites (N-methyl/N-ethyl adjacent to an activating group) is 2. The zero-order valence-electron chi connectivity index (χ0n) is 10.8. The van der Waals surface area contributed by atoms with Crippen molar-refractivity contribution in [3.8, 4) is 0 Å². The van der Waals surface area contributed by atoms with E-state index in [0.29, 0.717) is 0 Å². The van der Waals surface area contributed by atoms with Crippen LogP contribution in [0.5, 0.6) is 0 Å². The molecule has 3 rings (SSSR count). The molecule has 0 bridgehead atoms. The Morgan fingerprint density at radius 2 is 1.71 bits per heavy atom. The van der Waals surface area contributed by atoms with Gasteiger partial charge in [0.25, 0.3) is 0 Å². The molecule has 0 aliphatic carbocycles. The van der Waals surface area contributed by atoms with Crippen LogP contribution >= 0.6 is 0 Å². The lowest BCUT2D eigenvalue weighted by Gasteiger charge is -2.34. The minimum absolute atomic E-state index is 1.16. The topological polar surface area (TPSA) is 9.72 Å². The van der Waals surface area contributed by atoms with Crippen LogP contribution in [0.15, 0.2) is 18.2 Å². The Kier molecular flexibility index (Phi) is 2.71. The molecular weight excluding hydrogens is 210 g/mol. The largest absolute Gasteiger partial charge is 0.374 e. The number of benzene rings is 1. The van der Waals surface area contributed by atoms with Gasteiger partial charge in [-0.2, -0.15) is 0 Å². The Morgan fingerprint density at radius 1 is 0.941 bits per heavy atom. The third-order valence-electron chi connectivity index (χ3n) is 4.06. The smallest absolute Gasteiger partial charge is 0.0398 e. The molecule has 0 N–H and O–H groups in total. The molecule has 0 unspecified atom stereocenters. The number of hydrogen-bond acceptors (Lipinski definition) is 3. The molecule has 3 nitrogen and oxygen atoms in total. The maximum atomic E-state index is 2.51. The van der Waals surface area contributed by atoms with Gasteiger partial charge in [0.2, 0.25) is 0 Å². The van der Waals surface area contributed by atoms with Crippen molar-refractivity contribution in [1.29, 1.82) is 0 Å². The highest BCUT2D eigenvalue weighted by Crippen LogP contribution is 2.30. The molecule has 0 aromatic heterocycles. The second kappa shape index (κ2) is 4.22. The summed E-state index contributed by atoms with van der Waals surface area (Å²) in [7, 11) is 4.39. The maximum Gasteiger partial charge on any atom is 0.0398 e. The van der Waals surface area contributed by atoms with Gasteiger partial charge >= 0.3 is 0 Å². The third kappa shape index (κ3) is 2.00. The van der Waals surface area contributed by atoms with Crippen molar-refractivity contribution in [2.75, 3.05) is 56.6 Å². The fourth-order valence-corrected chi connectivity index (χ4v) is 2.81. The van der Waals surface area contributed by atoms with E-state index >= 15 is 0 Å². The second-order valence-electron chi connectivity index (χ2n) is 5.27. The van der Waals surface area contributed by atoms with Gasteiger partial charge in [0, 0.05) is 51.1 Å². The average Bonchev–Trinajstić information content (AvgIpc) is 2.72. The molecule has 3 heteroatoms. The lowest BCUT2D eigenvalue weighted by atomic mass is 10.1. The molecule has 1 fully saturated rings. The lowest BCUT2D eigenvalue weighted by Crippen LogP contribution is -2.44. The van der Waals surface area contributed by atoms with Crippen molar-refractivity contribution in [2.45, 2.75) is 6.42 Å². The molecule has 0 atom stereocenters. The Morgan fingerprint density at radius 3 is 2.47 bits per heavy atom. The maximum absolute atomic E-state index is 2.51. The number of hydrogen-bond donors (Lipinski definition) is 0. The molecule has 0 spiro atoms. The first kappa shape index (κ1) is 10.9. The van der Waals surface area contributed by atoms with Gasteiger partial charge in [-0.15, -0.1) is 0 Å². The summed E-state index contributed by atoms with van der Waals surface area (Å²) in [5, 5.41) is 0. The minimum atomic E-state index is 1.16. The summed E-state index contributed by atoms with van der Waals surface area (Å²) in [4.78, 5) is 7.26. The number of fused-ring (bicyclic) bond motifs is 1. The fourth-order valence-electron chi connectivity index (χ4n) is 2.81. The first-order chi connectivity index (χ1) is 8.24. The second-order valence-corrected chi connectivity index (χ2v) is 5.27. The predicted octanol–water partition coefficient (Wildman–Crippen LogP) is 1.43. The quantitative estimate of drug-likeness (QED) is 0.724. The summed E-state index contributed by atoms with van der Waals surface area (Å²) in [5.41, 5.74) is 4.35. The summed E-state index contributed by atoms with van der Waals surface area (Å²) < 4.78 is 0. The molecule has 1 saturated heterocycles. The van der Waals surface area contributed by atoms with Crippen molar-refractivity contribution >= 4 is 11.4 Å². The van der Waals surface area contributed by atoms with Crippen LogP contribution in [0.2, 0.25) is 0 Å². The molecule has 0 saturated carbocycles. The number of rotatable bonds is 1. The first-order valence-corrected chi connectivity index (χ1v) is 6.51. The van der Waals surface area contributed by atoms with Gasteiger partial charge in [0.05, 0.1) is 0 Å². The van der Waals surface area contributed by atoms with E-state index < -0.39 is 0 Å². The van der Waals surface area contributed by atoms with E-state index in [1.54, 1.807) is 0 Å². The Balaban J connectivity index is 1.80. The van der Waals surface area contributed by atoms with Crippen molar-refractivity contribution in [3.05, 3.63) is 23.8 Å². The molecule has 1 aromatic rings. The van der Waals surface area contributed by atoms with E-state index in [0.717, 1.165) is 13.1 Å². The highest BCUT2D eigenvalue weighted by atomic mass is 15.2. The standard InChI is InChI=1S/C14H21N3/c1-15-7-9-17(10-8-15)13-3-4-14-12(11-13)5-6-16(14)2/h3-4,11H,5-10H2,1-2H3. The lowest BCUT2D eigenvalue weighted by molar-refractivity contribution is 0.313. The van der Waals surface area contributed by atoms with Gasteiger partial charge in [-0.25, -0.2) is 0 Å². The van der Waals surface area contributed by atoms with E-state index in [2.05, 4.69) is 47.0 Å². The van der Waals surface area contributed by atoms with Crippen LogP contribution in [-0.2, 0) is 6.42 Å². The van der Waals surface area contributed by atoms with Gasteiger partial charge in [-0.05, 0) is 37.2 Å². The zero-order valence-corrected chi connectivity index (χ0v) is 10.8. The molecule has 2 aliphatic rings. The minimum Gasteiger partial charge on any atom is -0.374 e. The highest BCUT2D eigenvalue weighted by Gasteiger charge is 2.19. The van der Waals surface area contributed by atoms with E-state index in [4.69, 9.17) is 0 Å². The zero-order chi connectivity index (χ0) is 11.8. The monoisotopic (exact) mass is 231 g/mol. The summed E-state index contributed by atoms with van der Waals surface area (Å²) in [6.07, 6.45) is 1.20. The van der Waals surface area contributed by atoms with Crippen molar-refractivity contribution in [3.63, 3.8) is 0 Å². The van der Waals surface area contributed by atoms with E-state index in [1.165, 1.54) is 43.0 Å². The summed E-state index contributed by atoms with van der Waals surface area (Å²) in [5.74, 6) is 0. The van der Waals surface area contributed by atoms with Crippen LogP contribution in [0, 0.1) is 0 Å². The van der Waals surface area contributed by atoms with Gasteiger partial charge in [-0.3, -0.25) is 0 Å². The van der Waals surface area contributed by atoms with Crippen LogP contribution in [-0.4, -0.2) is 51.7 Å². The molecule has 92 valence electrons. The third-order valence-corrected chi connectivity index (χ3v) is 4.06. The molecule has 1 aromatic carbocycles. The molecule has 0 radical (unpaired) electrons. The van der Waals surface area contributed by atoms with Crippen molar-refractivity contribution in [1.82, 2.24) is 4.90 Å². The predicted molar refractivity (Wildman–Crippen MR) is 73.1 cm³/mol. The highest BCUT2D eigenvalue weighted by molar-refractivity contribution is 5.64. The molecular formula is C14H21N3. The van der Waals surface area contributed by atoms with E-state index in [-0.39, 0.29) is 0 Å². The van der Waals surface area contributed by atoms with Gasteiger partial charge in [0.15, 0.2) is 0 Å².